The van der Waals surface area contributed by atoms with Crippen LogP contribution in [0.3, 0.4) is 0 Å². The molecule has 3 aliphatic carbocycles. The van der Waals surface area contributed by atoms with Crippen molar-refractivity contribution in [3.63, 3.8) is 0 Å². The van der Waals surface area contributed by atoms with Crippen molar-refractivity contribution in [1.29, 1.82) is 0 Å². The van der Waals surface area contributed by atoms with Crippen LogP contribution in [0.15, 0.2) is 6.20 Å². The number of fused-ring (bicyclic) bond motifs is 1. The lowest BCUT2D eigenvalue weighted by atomic mass is 9.83. The Kier molecular flexibility index (Phi) is 3.03. The lowest BCUT2D eigenvalue weighted by Crippen LogP contribution is -2.29. The molecular weight excluding hydrogens is 234 g/mol. The van der Waals surface area contributed by atoms with Crippen molar-refractivity contribution in [3.05, 3.63) is 23.3 Å². The minimum Gasteiger partial charge on any atom is -0.314 e. The van der Waals surface area contributed by atoms with Crippen molar-refractivity contribution >= 4 is 0 Å². The third kappa shape index (κ3) is 2.53. The van der Waals surface area contributed by atoms with Crippen molar-refractivity contribution in [2.45, 2.75) is 63.3 Å². The molecular formula is C16H23N3. The number of rotatable bonds is 4. The van der Waals surface area contributed by atoms with Crippen LogP contribution in [0.25, 0.3) is 0 Å². The highest BCUT2D eigenvalue weighted by Gasteiger charge is 2.27. The molecule has 2 saturated carbocycles. The molecule has 3 heteroatoms. The van der Waals surface area contributed by atoms with Crippen molar-refractivity contribution in [3.8, 4) is 0 Å². The van der Waals surface area contributed by atoms with E-state index in [4.69, 9.17) is 4.98 Å². The smallest absolute Gasteiger partial charge is 0.131 e. The first-order valence-corrected chi connectivity index (χ1v) is 7.96. The van der Waals surface area contributed by atoms with Crippen LogP contribution in [0.1, 0.15) is 61.5 Å². The third-order valence-electron chi connectivity index (χ3n) is 5.01. The third-order valence-corrected chi connectivity index (χ3v) is 5.01. The van der Waals surface area contributed by atoms with Gasteiger partial charge in [-0.15, -0.1) is 0 Å². The van der Waals surface area contributed by atoms with Gasteiger partial charge in [-0.05, 0) is 63.0 Å². The Bertz CT molecular complexity index is 463. The Morgan fingerprint density at radius 2 is 2.05 bits per heavy atom. The summed E-state index contributed by atoms with van der Waals surface area (Å²) in [5.41, 5.74) is 2.76. The van der Waals surface area contributed by atoms with Crippen molar-refractivity contribution in [2.75, 3.05) is 6.54 Å². The minimum atomic E-state index is 0.666. The molecule has 0 aromatic carbocycles. The van der Waals surface area contributed by atoms with Gasteiger partial charge in [-0.3, -0.25) is 0 Å². The van der Waals surface area contributed by atoms with Crippen LogP contribution in [0, 0.1) is 5.92 Å². The highest BCUT2D eigenvalue weighted by atomic mass is 14.9. The predicted molar refractivity (Wildman–Crippen MR) is 75.2 cm³/mol. The average Bonchev–Trinajstić information content (AvgIpc) is 3.18. The lowest BCUT2D eigenvalue weighted by molar-refractivity contribution is 0.390. The highest BCUT2D eigenvalue weighted by Crippen LogP contribution is 2.35. The number of hydrogen-bond acceptors (Lipinski definition) is 3. The summed E-state index contributed by atoms with van der Waals surface area (Å²) in [5.74, 6) is 2.59. The summed E-state index contributed by atoms with van der Waals surface area (Å²) in [6.45, 7) is 1.19. The van der Waals surface area contributed by atoms with Gasteiger partial charge >= 0.3 is 0 Å². The molecule has 0 spiro atoms. The number of nitrogens with one attached hydrogen (secondary N) is 1. The van der Waals surface area contributed by atoms with Gasteiger partial charge in [-0.2, -0.15) is 0 Å². The Morgan fingerprint density at radius 3 is 2.79 bits per heavy atom. The fraction of sp³-hybridized carbons (Fsp3) is 0.750. The van der Waals surface area contributed by atoms with Gasteiger partial charge < -0.3 is 5.32 Å². The first-order valence-electron chi connectivity index (χ1n) is 7.96. The molecule has 1 atom stereocenters. The van der Waals surface area contributed by atoms with E-state index in [1.54, 1.807) is 0 Å². The normalized spacial score (nSPS) is 26.8. The van der Waals surface area contributed by atoms with E-state index >= 15 is 0 Å². The molecule has 4 rings (SSSR count). The van der Waals surface area contributed by atoms with Crippen LogP contribution in [-0.2, 0) is 12.8 Å². The molecule has 0 amide bonds. The van der Waals surface area contributed by atoms with E-state index in [1.165, 1.54) is 62.7 Å². The zero-order valence-electron chi connectivity index (χ0n) is 11.6. The van der Waals surface area contributed by atoms with Crippen molar-refractivity contribution in [2.24, 2.45) is 5.92 Å². The lowest BCUT2D eigenvalue weighted by Gasteiger charge is -2.27. The maximum atomic E-state index is 4.85. The second-order valence-corrected chi connectivity index (χ2v) is 6.62. The maximum absolute atomic E-state index is 4.85. The monoisotopic (exact) mass is 257 g/mol. The first-order chi connectivity index (χ1) is 9.38. The zero-order valence-corrected chi connectivity index (χ0v) is 11.6. The fourth-order valence-corrected chi connectivity index (χ4v) is 3.26. The van der Waals surface area contributed by atoms with Crippen LogP contribution in [-0.4, -0.2) is 22.6 Å². The summed E-state index contributed by atoms with van der Waals surface area (Å²) in [7, 11) is 0. The SMILES string of the molecule is c1nc(C2CCC2)nc2c1CC(CNC1CC1)CC2. The number of aryl methyl sites for hydroxylation is 1. The van der Waals surface area contributed by atoms with E-state index in [-0.39, 0.29) is 0 Å². The van der Waals surface area contributed by atoms with Gasteiger partial charge in [0.25, 0.3) is 0 Å². The van der Waals surface area contributed by atoms with E-state index in [0.717, 1.165) is 24.2 Å². The molecule has 0 saturated heterocycles. The Balaban J connectivity index is 1.42. The molecule has 0 bridgehead atoms. The van der Waals surface area contributed by atoms with E-state index in [9.17, 15) is 0 Å². The molecule has 3 aliphatic rings. The van der Waals surface area contributed by atoms with Gasteiger partial charge in [-0.1, -0.05) is 6.42 Å². The topological polar surface area (TPSA) is 37.8 Å². The summed E-state index contributed by atoms with van der Waals surface area (Å²) < 4.78 is 0. The number of nitrogens with zero attached hydrogens (tertiary/aromatic N) is 2. The van der Waals surface area contributed by atoms with Crippen LogP contribution in [0.5, 0.6) is 0 Å². The van der Waals surface area contributed by atoms with Crippen LogP contribution >= 0.6 is 0 Å². The molecule has 1 unspecified atom stereocenters. The Morgan fingerprint density at radius 1 is 1.16 bits per heavy atom. The van der Waals surface area contributed by atoms with Gasteiger partial charge in [0.1, 0.15) is 5.82 Å². The van der Waals surface area contributed by atoms with Crippen molar-refractivity contribution < 1.29 is 0 Å². The van der Waals surface area contributed by atoms with Gasteiger partial charge in [0.2, 0.25) is 0 Å². The Labute approximate surface area is 115 Å². The van der Waals surface area contributed by atoms with Gasteiger partial charge in [0.05, 0.1) is 0 Å². The molecule has 1 N–H and O–H groups in total. The Hall–Kier alpha value is -0.960. The summed E-state index contributed by atoms with van der Waals surface area (Å²) in [5, 5.41) is 3.66. The molecule has 1 aromatic rings. The minimum absolute atomic E-state index is 0.666. The van der Waals surface area contributed by atoms with Crippen LogP contribution in [0.2, 0.25) is 0 Å². The molecule has 0 aliphatic heterocycles. The summed E-state index contributed by atoms with van der Waals surface area (Å²) in [6.07, 6.45) is 12.5. The maximum Gasteiger partial charge on any atom is 0.131 e. The van der Waals surface area contributed by atoms with Crippen LogP contribution in [0.4, 0.5) is 0 Å². The zero-order chi connectivity index (χ0) is 12.7. The van der Waals surface area contributed by atoms with Gasteiger partial charge in [-0.25, -0.2) is 9.97 Å². The molecule has 19 heavy (non-hydrogen) atoms. The summed E-state index contributed by atoms with van der Waals surface area (Å²) in [6, 6.07) is 0.832. The van der Waals surface area contributed by atoms with E-state index < -0.39 is 0 Å². The second kappa shape index (κ2) is 4.86. The average molecular weight is 257 g/mol. The van der Waals surface area contributed by atoms with Crippen molar-refractivity contribution in [1.82, 2.24) is 15.3 Å². The van der Waals surface area contributed by atoms with E-state index in [0.29, 0.717) is 5.92 Å². The molecule has 2 fully saturated rings. The predicted octanol–water partition coefficient (Wildman–Crippen LogP) is 2.60. The standard InChI is InChI=1S/C16H23N3/c1-2-12(3-1)16-18-10-13-8-11(4-7-15(13)19-16)9-17-14-5-6-14/h10-12,14,17H,1-9H2. The molecule has 1 aromatic heterocycles. The highest BCUT2D eigenvalue weighted by molar-refractivity contribution is 5.22. The second-order valence-electron chi connectivity index (χ2n) is 6.62. The molecule has 1 heterocycles. The quantitative estimate of drug-likeness (QED) is 0.901. The molecule has 0 radical (unpaired) electrons. The first kappa shape index (κ1) is 11.8. The van der Waals surface area contributed by atoms with E-state index in [1.807, 2.05) is 0 Å². The molecule has 3 nitrogen and oxygen atoms in total. The van der Waals surface area contributed by atoms with Crippen LogP contribution < -0.4 is 5.32 Å². The van der Waals surface area contributed by atoms with Gasteiger partial charge in [0.15, 0.2) is 0 Å². The number of hydrogen-bond donors (Lipinski definition) is 1. The van der Waals surface area contributed by atoms with E-state index in [2.05, 4.69) is 16.5 Å². The van der Waals surface area contributed by atoms with Gasteiger partial charge in [0, 0.05) is 23.9 Å². The fourth-order valence-electron chi connectivity index (χ4n) is 3.26. The number of aromatic nitrogens is 2. The largest absolute Gasteiger partial charge is 0.314 e. The summed E-state index contributed by atoms with van der Waals surface area (Å²) >= 11 is 0. The molecule has 102 valence electrons. The summed E-state index contributed by atoms with van der Waals surface area (Å²) in [4.78, 5) is 9.47.